The smallest absolute Gasteiger partial charge is 0.339 e. The van der Waals surface area contributed by atoms with Crippen LogP contribution >= 0.6 is 0 Å². The van der Waals surface area contributed by atoms with Crippen LogP contribution in [-0.4, -0.2) is 88.3 Å². The molecule has 2 radical (unpaired) electrons. The normalized spacial score (nSPS) is 11.4. The Hall–Kier alpha value is -3.46. The number of phenols is 1. The van der Waals surface area contributed by atoms with Crippen LogP contribution in [0.5, 0.6) is 5.75 Å². The van der Waals surface area contributed by atoms with E-state index < -0.39 is 16.1 Å². The summed E-state index contributed by atoms with van der Waals surface area (Å²) >= 11 is 0. The van der Waals surface area contributed by atoms with Gasteiger partial charge in [0.25, 0.3) is 10.1 Å². The molecule has 43 heavy (non-hydrogen) atoms. The third-order valence-corrected chi connectivity index (χ3v) is 7.03. The van der Waals surface area contributed by atoms with Crippen molar-refractivity contribution in [3.63, 3.8) is 0 Å². The second-order valence-electron chi connectivity index (χ2n) is 8.83. The molecule has 0 aliphatic carbocycles. The van der Waals surface area contributed by atoms with Gasteiger partial charge in [-0.1, -0.05) is 48.5 Å². The summed E-state index contributed by atoms with van der Waals surface area (Å²) in [5.74, 6) is -1.61. The Morgan fingerprint density at radius 1 is 0.674 bits per heavy atom. The van der Waals surface area contributed by atoms with Gasteiger partial charge < -0.3 is 15.9 Å². The Kier molecular flexibility index (Phi) is 11.4. The van der Waals surface area contributed by atoms with Crippen molar-refractivity contribution in [2.24, 2.45) is 20.5 Å². The number of nitrogens with zero attached hydrogens (tertiary/aromatic N) is 4. The average molecular weight is 614 g/mol. The van der Waals surface area contributed by atoms with Gasteiger partial charge in [-0.25, -0.2) is 4.79 Å². The van der Waals surface area contributed by atoms with Gasteiger partial charge in [-0.2, -0.15) is 23.8 Å². The van der Waals surface area contributed by atoms with Gasteiger partial charge in [0.2, 0.25) is 0 Å². The average Bonchev–Trinajstić information content (AvgIpc) is 2.96. The third-order valence-electron chi connectivity index (χ3n) is 6.14. The van der Waals surface area contributed by atoms with E-state index in [4.69, 9.17) is 10.8 Å². The van der Waals surface area contributed by atoms with Gasteiger partial charge in [-0.3, -0.25) is 4.55 Å². The molecule has 11 nitrogen and oxygen atoms in total. The van der Waals surface area contributed by atoms with Crippen LogP contribution in [0.2, 0.25) is 0 Å². The van der Waals surface area contributed by atoms with Crippen molar-refractivity contribution in [1.82, 2.24) is 0 Å². The van der Waals surface area contributed by atoms with E-state index in [2.05, 4.69) is 20.5 Å². The Morgan fingerprint density at radius 2 is 1.16 bits per heavy atom. The second-order valence-corrected chi connectivity index (χ2v) is 10.2. The first-order valence-electron chi connectivity index (χ1n) is 12.0. The van der Waals surface area contributed by atoms with E-state index in [1.807, 2.05) is 24.3 Å². The van der Waals surface area contributed by atoms with Gasteiger partial charge in [0.1, 0.15) is 21.9 Å². The number of anilines is 1. The molecule has 5 aromatic carbocycles. The number of nitrogen functional groups attached to an aromatic ring is 1. The predicted molar refractivity (Wildman–Crippen MR) is 165 cm³/mol. The van der Waals surface area contributed by atoms with Crippen LogP contribution < -0.4 is 5.73 Å². The summed E-state index contributed by atoms with van der Waals surface area (Å²) in [6.07, 6.45) is 0. The van der Waals surface area contributed by atoms with Gasteiger partial charge in [-0.05, 0) is 59.7 Å². The van der Waals surface area contributed by atoms with Crippen molar-refractivity contribution >= 4 is 114 Å². The number of carboxylic acid groups (broad SMARTS) is 1. The fourth-order valence-corrected chi connectivity index (χ4v) is 4.79. The molecular weight excluding hydrogens is 592 g/mol. The van der Waals surface area contributed by atoms with Crippen LogP contribution in [0.1, 0.15) is 10.4 Å². The van der Waals surface area contributed by atoms with E-state index in [0.717, 1.165) is 11.1 Å². The number of nitrogens with two attached hydrogens (primary N) is 1. The van der Waals surface area contributed by atoms with Crippen LogP contribution in [0, 0.1) is 0 Å². The molecule has 5 aromatic rings. The molecule has 14 heteroatoms. The van der Waals surface area contributed by atoms with Crippen molar-refractivity contribution in [3.05, 3.63) is 103 Å². The van der Waals surface area contributed by atoms with Crippen molar-refractivity contribution in [2.75, 3.05) is 5.73 Å². The first kappa shape index (κ1) is 34.0. The minimum Gasteiger partial charge on any atom is -0.507 e. The molecule has 206 valence electrons. The van der Waals surface area contributed by atoms with E-state index in [1.54, 1.807) is 48.5 Å². The third kappa shape index (κ3) is 7.93. The Morgan fingerprint density at radius 3 is 1.70 bits per heavy atom. The quantitative estimate of drug-likeness (QED) is 0.0671. The fraction of sp³-hybridized carbons (Fsp3) is 0. The monoisotopic (exact) mass is 613 g/mol. The van der Waals surface area contributed by atoms with E-state index in [0.29, 0.717) is 16.8 Å². The van der Waals surface area contributed by atoms with Crippen LogP contribution in [0.4, 0.5) is 28.4 Å². The van der Waals surface area contributed by atoms with Crippen molar-refractivity contribution < 1.29 is 28.0 Å². The molecule has 0 spiro atoms. The number of rotatable bonds is 7. The van der Waals surface area contributed by atoms with Gasteiger partial charge in [0, 0.05) is 69.9 Å². The summed E-state index contributed by atoms with van der Waals surface area (Å²) in [5.41, 5.74) is 9.39. The molecule has 0 bridgehead atoms. The van der Waals surface area contributed by atoms with Gasteiger partial charge in [0.15, 0.2) is 0 Å². The number of aromatic hydroxyl groups is 1. The zero-order chi connectivity index (χ0) is 29.1. The number of carboxylic acids is 1. The Bertz CT molecular complexity index is 1970. The number of carbonyl (C=O) groups is 1. The second kappa shape index (κ2) is 14.3. The molecule has 0 fully saturated rings. The zero-order valence-corrected chi connectivity index (χ0v) is 27.9. The molecule has 0 saturated carbocycles. The Balaban J connectivity index is 0.00000253. The maximum Gasteiger partial charge on any atom is 0.339 e. The van der Waals surface area contributed by atoms with Gasteiger partial charge >= 0.3 is 5.97 Å². The molecule has 0 heterocycles. The molecule has 5 N–H and O–H groups in total. The zero-order valence-electron chi connectivity index (χ0n) is 23.1. The summed E-state index contributed by atoms with van der Waals surface area (Å²) in [5, 5.41) is 35.9. The van der Waals surface area contributed by atoms with Crippen LogP contribution in [0.15, 0.2) is 122 Å². The molecular formula is C29H21N5Na2O6S. The molecule has 5 rings (SSSR count). The molecule has 0 aromatic heterocycles. The van der Waals surface area contributed by atoms with Crippen molar-refractivity contribution in [1.29, 1.82) is 0 Å². The number of hydrogen-bond donors (Lipinski definition) is 4. The minimum absolute atomic E-state index is 0. The van der Waals surface area contributed by atoms with E-state index in [9.17, 15) is 22.9 Å². The SMILES string of the molecule is Nc1c(N=Nc2ccc(-c3ccc(N=Nc4ccc(O)c(C(=O)O)c4)cc3)cc2)cc(S(=O)(=O)O)c2ccccc12.[Na].[Na]. The topological polar surface area (TPSA) is 187 Å². The largest absolute Gasteiger partial charge is 0.507 e. The predicted octanol–water partition coefficient (Wildman–Crippen LogP) is 6.81. The molecule has 0 aliphatic heterocycles. The van der Waals surface area contributed by atoms with Crippen molar-refractivity contribution in [3.8, 4) is 16.9 Å². The van der Waals surface area contributed by atoms with Gasteiger partial charge in [-0.15, -0.1) is 5.11 Å². The first-order valence-corrected chi connectivity index (χ1v) is 13.4. The molecule has 0 amide bonds. The maximum absolute atomic E-state index is 11.9. The summed E-state index contributed by atoms with van der Waals surface area (Å²) in [4.78, 5) is 10.9. The van der Waals surface area contributed by atoms with Crippen molar-refractivity contribution in [2.45, 2.75) is 4.90 Å². The number of azo groups is 2. The number of benzene rings is 5. The standard InChI is InChI=1S/C29H21N5O6S.2Na/c30-28-23-4-2-1-3-22(23)27(41(38,39)40)16-25(28)34-32-20-11-7-18(8-12-20)17-5-9-19(10-6-17)31-33-21-13-14-26(35)24(15-21)29(36)37;;/h1-16,35H,30H2,(H,36,37)(H,38,39,40);;. The molecule has 0 unspecified atom stereocenters. The summed E-state index contributed by atoms with van der Waals surface area (Å²) < 4.78 is 33.5. The molecule has 0 saturated heterocycles. The van der Waals surface area contributed by atoms with E-state index in [-0.39, 0.29) is 97.8 Å². The fourth-order valence-electron chi connectivity index (χ4n) is 4.07. The van der Waals surface area contributed by atoms with Gasteiger partial charge in [0.05, 0.1) is 22.7 Å². The number of hydrogen-bond acceptors (Lipinski definition) is 9. The Labute approximate surface area is 290 Å². The first-order chi connectivity index (χ1) is 19.6. The molecule has 0 atom stereocenters. The van der Waals surface area contributed by atoms with Crippen LogP contribution in [-0.2, 0) is 10.1 Å². The minimum atomic E-state index is -4.52. The maximum atomic E-state index is 11.9. The van der Waals surface area contributed by atoms with E-state index in [1.165, 1.54) is 24.3 Å². The number of fused-ring (bicyclic) bond motifs is 1. The van der Waals surface area contributed by atoms with E-state index >= 15 is 0 Å². The van der Waals surface area contributed by atoms with Crippen LogP contribution in [0.3, 0.4) is 0 Å². The summed E-state index contributed by atoms with van der Waals surface area (Å²) in [6.45, 7) is 0. The molecule has 0 aliphatic rings. The van der Waals surface area contributed by atoms with Crippen LogP contribution in [0.25, 0.3) is 21.9 Å². The summed E-state index contributed by atoms with van der Waals surface area (Å²) in [7, 11) is -4.52. The number of aromatic carboxylic acids is 1. The summed E-state index contributed by atoms with van der Waals surface area (Å²) in [6, 6.07) is 26.0.